The molecule has 0 aliphatic rings. The second-order valence-corrected chi connectivity index (χ2v) is 5.53. The molecule has 0 aliphatic heterocycles. The van der Waals surface area contributed by atoms with E-state index in [4.69, 9.17) is 16.7 Å². The molecule has 2 aromatic rings. The topological polar surface area (TPSA) is 66.0 Å². The number of carbonyl (C=O) groups is 1. The highest BCUT2D eigenvalue weighted by Gasteiger charge is 2.28. The van der Waals surface area contributed by atoms with Crippen LogP contribution in [0.15, 0.2) is 12.1 Å². The van der Waals surface area contributed by atoms with E-state index >= 15 is 0 Å². The number of carboxylic acid groups (broad SMARTS) is 1. The van der Waals surface area contributed by atoms with E-state index < -0.39 is 11.4 Å². The van der Waals surface area contributed by atoms with Gasteiger partial charge in [-0.1, -0.05) is 11.6 Å². The maximum atomic E-state index is 11.1. The van der Waals surface area contributed by atoms with E-state index in [1.165, 1.54) is 0 Å². The van der Waals surface area contributed by atoms with Crippen molar-refractivity contribution < 1.29 is 9.90 Å². The minimum atomic E-state index is -0.842. The third-order valence-electron chi connectivity index (χ3n) is 3.08. The molecule has 0 radical (unpaired) electrons. The number of nitrogens with zero attached hydrogens (tertiary/aromatic N) is 1. The van der Waals surface area contributed by atoms with E-state index in [9.17, 15) is 4.79 Å². The van der Waals surface area contributed by atoms with Crippen LogP contribution < -0.4 is 0 Å². The molecule has 4 nitrogen and oxygen atoms in total. The molecule has 0 bridgehead atoms. The third-order valence-corrected chi connectivity index (χ3v) is 3.49. The first kappa shape index (κ1) is 12.9. The molecule has 0 amide bonds. The maximum Gasteiger partial charge on any atom is 0.309 e. The number of aromatic amines is 1. The number of fused-ring (bicyclic) bond motifs is 1. The number of aromatic nitrogens is 2. The highest BCUT2D eigenvalue weighted by Crippen LogP contribution is 2.26. The average Bonchev–Trinajstić information content (AvgIpc) is 2.66. The first-order valence-corrected chi connectivity index (χ1v) is 6.06. The Morgan fingerprint density at radius 1 is 1.50 bits per heavy atom. The predicted molar refractivity (Wildman–Crippen MR) is 71.0 cm³/mol. The van der Waals surface area contributed by atoms with E-state index in [1.54, 1.807) is 13.8 Å². The largest absolute Gasteiger partial charge is 0.481 e. The minimum absolute atomic E-state index is 0.355. The van der Waals surface area contributed by atoms with Crippen LogP contribution in [0.25, 0.3) is 11.0 Å². The molecule has 1 aromatic heterocycles. The molecule has 5 heteroatoms. The van der Waals surface area contributed by atoms with Gasteiger partial charge in [-0.05, 0) is 38.5 Å². The zero-order valence-corrected chi connectivity index (χ0v) is 11.3. The minimum Gasteiger partial charge on any atom is -0.481 e. The Bertz CT molecular complexity index is 617. The fourth-order valence-electron chi connectivity index (χ4n) is 1.82. The van der Waals surface area contributed by atoms with Gasteiger partial charge in [0.2, 0.25) is 0 Å². The SMILES string of the molecule is Cc1c(Cl)ccc2[nH]c(CC(C)(C)C(=O)O)nc12. The van der Waals surface area contributed by atoms with Crippen LogP contribution in [-0.4, -0.2) is 21.0 Å². The summed E-state index contributed by atoms with van der Waals surface area (Å²) < 4.78 is 0. The van der Waals surface area contributed by atoms with Gasteiger partial charge in [-0.3, -0.25) is 4.79 Å². The van der Waals surface area contributed by atoms with Crippen molar-refractivity contribution in [1.82, 2.24) is 9.97 Å². The molecular formula is C13H15ClN2O2. The number of hydrogen-bond acceptors (Lipinski definition) is 2. The number of aliphatic carboxylic acids is 1. The normalized spacial score (nSPS) is 12.0. The van der Waals surface area contributed by atoms with Gasteiger partial charge in [0.05, 0.1) is 16.4 Å². The van der Waals surface area contributed by atoms with E-state index in [0.29, 0.717) is 17.3 Å². The van der Waals surface area contributed by atoms with Gasteiger partial charge in [0.25, 0.3) is 0 Å². The van der Waals surface area contributed by atoms with Crippen molar-refractivity contribution >= 4 is 28.6 Å². The summed E-state index contributed by atoms with van der Waals surface area (Å²) in [4.78, 5) is 18.7. The molecule has 1 aromatic carbocycles. The summed E-state index contributed by atoms with van der Waals surface area (Å²) in [5, 5.41) is 9.78. The summed E-state index contributed by atoms with van der Waals surface area (Å²) in [5.41, 5.74) is 1.75. The number of aryl methyl sites for hydroxylation is 1. The van der Waals surface area contributed by atoms with Crippen molar-refractivity contribution in [3.63, 3.8) is 0 Å². The van der Waals surface area contributed by atoms with Crippen LogP contribution in [0.3, 0.4) is 0 Å². The Balaban J connectivity index is 2.43. The Morgan fingerprint density at radius 2 is 2.17 bits per heavy atom. The molecule has 0 saturated heterocycles. The van der Waals surface area contributed by atoms with Crippen molar-refractivity contribution in [3.8, 4) is 0 Å². The lowest BCUT2D eigenvalue weighted by molar-refractivity contribution is -0.146. The number of nitrogens with one attached hydrogen (secondary N) is 1. The zero-order chi connectivity index (χ0) is 13.5. The summed E-state index contributed by atoms with van der Waals surface area (Å²) in [6.45, 7) is 5.27. The monoisotopic (exact) mass is 266 g/mol. The highest BCUT2D eigenvalue weighted by atomic mass is 35.5. The first-order valence-electron chi connectivity index (χ1n) is 5.68. The average molecular weight is 267 g/mol. The summed E-state index contributed by atoms with van der Waals surface area (Å²) in [6, 6.07) is 3.67. The van der Waals surface area contributed by atoms with Gasteiger partial charge in [0.1, 0.15) is 5.82 Å². The van der Waals surface area contributed by atoms with Crippen molar-refractivity contribution in [2.75, 3.05) is 0 Å². The van der Waals surface area contributed by atoms with Gasteiger partial charge in [0, 0.05) is 11.4 Å². The molecular weight excluding hydrogens is 252 g/mol. The van der Waals surface area contributed by atoms with Gasteiger partial charge in [-0.2, -0.15) is 0 Å². The van der Waals surface area contributed by atoms with Gasteiger partial charge in [0.15, 0.2) is 0 Å². The smallest absolute Gasteiger partial charge is 0.309 e. The molecule has 0 atom stereocenters. The number of H-pyrrole nitrogens is 1. The Labute approximate surface area is 110 Å². The van der Waals surface area contributed by atoms with Crippen molar-refractivity contribution in [3.05, 3.63) is 28.5 Å². The molecule has 0 fully saturated rings. The molecule has 2 rings (SSSR count). The summed E-state index contributed by atoms with van der Waals surface area (Å²) in [5.74, 6) is -0.166. The van der Waals surface area contributed by atoms with Gasteiger partial charge in [-0.25, -0.2) is 4.98 Å². The summed E-state index contributed by atoms with van der Waals surface area (Å²) in [6.07, 6.45) is 0.355. The number of benzene rings is 1. The zero-order valence-electron chi connectivity index (χ0n) is 10.5. The number of rotatable bonds is 3. The van der Waals surface area contributed by atoms with Gasteiger partial charge in [-0.15, -0.1) is 0 Å². The van der Waals surface area contributed by atoms with Crippen LogP contribution in [0, 0.1) is 12.3 Å². The third kappa shape index (κ3) is 2.20. The van der Waals surface area contributed by atoms with Crippen molar-refractivity contribution in [1.29, 1.82) is 0 Å². The predicted octanol–water partition coefficient (Wildman–Crippen LogP) is 3.18. The quantitative estimate of drug-likeness (QED) is 0.897. The fourth-order valence-corrected chi connectivity index (χ4v) is 1.97. The molecule has 18 heavy (non-hydrogen) atoms. The van der Waals surface area contributed by atoms with Gasteiger partial charge < -0.3 is 10.1 Å². The second kappa shape index (κ2) is 4.28. The first-order chi connectivity index (χ1) is 8.31. The number of hydrogen-bond donors (Lipinski definition) is 2. The van der Waals surface area contributed by atoms with Crippen LogP contribution >= 0.6 is 11.6 Å². The lowest BCUT2D eigenvalue weighted by Crippen LogP contribution is -2.26. The molecule has 2 N–H and O–H groups in total. The molecule has 0 aliphatic carbocycles. The standard InChI is InChI=1S/C13H15ClN2O2/c1-7-8(14)4-5-9-11(7)16-10(15-9)6-13(2,3)12(17)18/h4-5H,6H2,1-3H3,(H,15,16)(H,17,18). The Hall–Kier alpha value is -1.55. The van der Waals surface area contributed by atoms with Crippen LogP contribution in [-0.2, 0) is 11.2 Å². The molecule has 0 unspecified atom stereocenters. The van der Waals surface area contributed by atoms with E-state index in [0.717, 1.165) is 16.6 Å². The molecule has 0 spiro atoms. The van der Waals surface area contributed by atoms with E-state index in [2.05, 4.69) is 9.97 Å². The lowest BCUT2D eigenvalue weighted by Gasteiger charge is -2.16. The number of carboxylic acids is 1. The highest BCUT2D eigenvalue weighted by molar-refractivity contribution is 6.32. The van der Waals surface area contributed by atoms with Crippen molar-refractivity contribution in [2.45, 2.75) is 27.2 Å². The fraction of sp³-hybridized carbons (Fsp3) is 0.385. The van der Waals surface area contributed by atoms with E-state index in [-0.39, 0.29) is 0 Å². The molecule has 96 valence electrons. The van der Waals surface area contributed by atoms with Crippen LogP contribution in [0.1, 0.15) is 25.2 Å². The van der Waals surface area contributed by atoms with Crippen molar-refractivity contribution in [2.24, 2.45) is 5.41 Å². The Morgan fingerprint density at radius 3 is 2.78 bits per heavy atom. The number of imidazole rings is 1. The summed E-state index contributed by atoms with van der Waals surface area (Å²) >= 11 is 6.03. The molecule has 0 saturated carbocycles. The van der Waals surface area contributed by atoms with E-state index in [1.807, 2.05) is 19.1 Å². The van der Waals surface area contributed by atoms with Crippen LogP contribution in [0.2, 0.25) is 5.02 Å². The number of halogens is 1. The van der Waals surface area contributed by atoms with Crippen LogP contribution in [0.5, 0.6) is 0 Å². The maximum absolute atomic E-state index is 11.1. The lowest BCUT2D eigenvalue weighted by atomic mass is 9.89. The Kier molecular flexibility index (Phi) is 3.07. The second-order valence-electron chi connectivity index (χ2n) is 5.12. The summed E-state index contributed by atoms with van der Waals surface area (Å²) in [7, 11) is 0. The molecule has 1 heterocycles. The van der Waals surface area contributed by atoms with Crippen LogP contribution in [0.4, 0.5) is 0 Å². The van der Waals surface area contributed by atoms with Gasteiger partial charge >= 0.3 is 5.97 Å².